The number of aryl methyl sites for hydroxylation is 4. The Balaban J connectivity index is 0.000000561. The molecule has 0 fully saturated rings. The first-order valence-electron chi connectivity index (χ1n) is 8.46. The molecule has 0 saturated carbocycles. The summed E-state index contributed by atoms with van der Waals surface area (Å²) in [4.78, 5) is 0. The molecule has 3 rings (SSSR count). The van der Waals surface area contributed by atoms with E-state index in [0.717, 1.165) is 0 Å². The predicted octanol–water partition coefficient (Wildman–Crippen LogP) is 7.28. The first kappa shape index (κ1) is 18.2. The maximum atomic E-state index is 2.31. The van der Waals surface area contributed by atoms with Gasteiger partial charge in [0, 0.05) is 0 Å². The first-order valence-corrected chi connectivity index (χ1v) is 8.46. The summed E-state index contributed by atoms with van der Waals surface area (Å²) in [6.07, 6.45) is 0. The van der Waals surface area contributed by atoms with Crippen LogP contribution in [0.25, 0.3) is 21.5 Å². The average molecular weight is 294 g/mol. The van der Waals surface area contributed by atoms with Crippen LogP contribution in [-0.4, -0.2) is 0 Å². The lowest BCUT2D eigenvalue weighted by Gasteiger charge is -2.08. The predicted molar refractivity (Wildman–Crippen MR) is 103 cm³/mol. The molecule has 0 unspecified atom stereocenters. The van der Waals surface area contributed by atoms with Crippen LogP contribution >= 0.6 is 0 Å². The molecule has 0 aliphatic carbocycles. The summed E-state index contributed by atoms with van der Waals surface area (Å²) >= 11 is 0. The van der Waals surface area contributed by atoms with E-state index in [2.05, 4.69) is 64.1 Å². The van der Waals surface area contributed by atoms with Crippen molar-refractivity contribution in [3.63, 3.8) is 0 Å². The topological polar surface area (TPSA) is 0 Å². The lowest BCUT2D eigenvalue weighted by atomic mass is 9.96. The van der Waals surface area contributed by atoms with Crippen LogP contribution in [0, 0.1) is 27.7 Å². The van der Waals surface area contributed by atoms with E-state index in [1.807, 2.05) is 27.7 Å². The normalized spacial score (nSPS) is 9.82. The van der Waals surface area contributed by atoms with E-state index >= 15 is 0 Å². The molecule has 0 bridgehead atoms. The quantitative estimate of drug-likeness (QED) is 0.382. The Kier molecular flexibility index (Phi) is 6.61. The highest BCUT2D eigenvalue weighted by molar-refractivity contribution is 5.99. The van der Waals surface area contributed by atoms with Gasteiger partial charge in [0.2, 0.25) is 0 Å². The van der Waals surface area contributed by atoms with Gasteiger partial charge in [-0.1, -0.05) is 52.0 Å². The Morgan fingerprint density at radius 2 is 0.545 bits per heavy atom. The molecule has 0 amide bonds. The molecule has 22 heavy (non-hydrogen) atoms. The zero-order chi connectivity index (χ0) is 16.9. The summed E-state index contributed by atoms with van der Waals surface area (Å²) in [5, 5.41) is 5.37. The standard InChI is InChI=1S/C18H18.2C2H6/c1-11-5-15-9-17-7-13(3)14(4)8-18(17)10-16(15)6-12(11)2;2*1-2/h5-10H,1-4H3;2*1-2H3. The van der Waals surface area contributed by atoms with Gasteiger partial charge in [-0.25, -0.2) is 0 Å². The number of rotatable bonds is 0. The van der Waals surface area contributed by atoms with E-state index < -0.39 is 0 Å². The highest BCUT2D eigenvalue weighted by Crippen LogP contribution is 2.27. The molecular formula is C22H30. The summed E-state index contributed by atoms with van der Waals surface area (Å²) < 4.78 is 0. The number of fused-ring (bicyclic) bond motifs is 2. The smallest absolute Gasteiger partial charge is 0.0175 e. The minimum atomic E-state index is 1.34. The second-order valence-corrected chi connectivity index (χ2v) is 5.42. The van der Waals surface area contributed by atoms with E-state index in [1.54, 1.807) is 0 Å². The Bertz CT molecular complexity index is 635. The van der Waals surface area contributed by atoms with Crippen molar-refractivity contribution in [1.29, 1.82) is 0 Å². The van der Waals surface area contributed by atoms with Crippen LogP contribution in [0.2, 0.25) is 0 Å². The van der Waals surface area contributed by atoms with Crippen LogP contribution in [0.5, 0.6) is 0 Å². The molecule has 0 aliphatic rings. The van der Waals surface area contributed by atoms with Gasteiger partial charge in [0.15, 0.2) is 0 Å². The third kappa shape index (κ3) is 3.68. The molecular weight excluding hydrogens is 264 g/mol. The second kappa shape index (κ2) is 7.98. The molecule has 0 saturated heterocycles. The van der Waals surface area contributed by atoms with E-state index in [9.17, 15) is 0 Å². The summed E-state index contributed by atoms with van der Waals surface area (Å²) in [5.74, 6) is 0. The van der Waals surface area contributed by atoms with Crippen LogP contribution in [0.1, 0.15) is 49.9 Å². The van der Waals surface area contributed by atoms with Gasteiger partial charge in [-0.05, 0) is 83.6 Å². The summed E-state index contributed by atoms with van der Waals surface area (Å²) in [5.41, 5.74) is 5.47. The molecule has 0 atom stereocenters. The van der Waals surface area contributed by atoms with E-state index in [1.165, 1.54) is 43.8 Å². The van der Waals surface area contributed by atoms with Crippen LogP contribution < -0.4 is 0 Å². The van der Waals surface area contributed by atoms with Crippen LogP contribution in [0.4, 0.5) is 0 Å². The second-order valence-electron chi connectivity index (χ2n) is 5.42. The maximum absolute atomic E-state index is 2.31. The minimum Gasteiger partial charge on any atom is -0.0683 e. The third-order valence-electron chi connectivity index (χ3n) is 4.02. The van der Waals surface area contributed by atoms with Gasteiger partial charge in [0.25, 0.3) is 0 Å². The maximum Gasteiger partial charge on any atom is -0.0175 e. The van der Waals surface area contributed by atoms with E-state index in [-0.39, 0.29) is 0 Å². The van der Waals surface area contributed by atoms with Crippen molar-refractivity contribution in [3.8, 4) is 0 Å². The van der Waals surface area contributed by atoms with Gasteiger partial charge < -0.3 is 0 Å². The molecule has 118 valence electrons. The minimum absolute atomic E-state index is 1.34. The molecule has 0 heteroatoms. The molecule has 0 spiro atoms. The van der Waals surface area contributed by atoms with E-state index in [4.69, 9.17) is 0 Å². The summed E-state index contributed by atoms with van der Waals surface area (Å²) in [6.45, 7) is 16.7. The molecule has 3 aromatic rings. The van der Waals surface area contributed by atoms with Crippen molar-refractivity contribution in [2.45, 2.75) is 55.4 Å². The fraction of sp³-hybridized carbons (Fsp3) is 0.364. The van der Waals surface area contributed by atoms with Crippen LogP contribution in [-0.2, 0) is 0 Å². The fourth-order valence-corrected chi connectivity index (χ4v) is 2.56. The van der Waals surface area contributed by atoms with Crippen LogP contribution in [0.15, 0.2) is 36.4 Å². The van der Waals surface area contributed by atoms with Gasteiger partial charge in [-0.3, -0.25) is 0 Å². The summed E-state index contributed by atoms with van der Waals surface area (Å²) in [7, 11) is 0. The van der Waals surface area contributed by atoms with Crippen LogP contribution in [0.3, 0.4) is 0 Å². The Labute approximate surface area is 136 Å². The van der Waals surface area contributed by atoms with Gasteiger partial charge in [0.05, 0.1) is 0 Å². The lowest BCUT2D eigenvalue weighted by molar-refractivity contribution is 1.36. The summed E-state index contributed by atoms with van der Waals surface area (Å²) in [6, 6.07) is 13.8. The monoisotopic (exact) mass is 294 g/mol. The Hall–Kier alpha value is -1.82. The highest BCUT2D eigenvalue weighted by Gasteiger charge is 2.02. The zero-order valence-corrected chi connectivity index (χ0v) is 15.5. The Morgan fingerprint density at radius 3 is 0.727 bits per heavy atom. The third-order valence-corrected chi connectivity index (χ3v) is 4.02. The molecule has 0 nitrogen and oxygen atoms in total. The molecule has 0 N–H and O–H groups in total. The first-order chi connectivity index (χ1) is 10.5. The van der Waals surface area contributed by atoms with Crippen molar-refractivity contribution in [1.82, 2.24) is 0 Å². The van der Waals surface area contributed by atoms with Gasteiger partial charge >= 0.3 is 0 Å². The molecule has 0 radical (unpaired) electrons. The van der Waals surface area contributed by atoms with Crippen molar-refractivity contribution < 1.29 is 0 Å². The van der Waals surface area contributed by atoms with E-state index in [0.29, 0.717) is 0 Å². The molecule has 3 aromatic carbocycles. The number of hydrogen-bond acceptors (Lipinski definition) is 0. The van der Waals surface area contributed by atoms with Crippen molar-refractivity contribution in [3.05, 3.63) is 58.7 Å². The van der Waals surface area contributed by atoms with Crippen molar-refractivity contribution >= 4 is 21.5 Å². The Morgan fingerprint density at radius 1 is 0.364 bits per heavy atom. The molecule has 0 heterocycles. The number of benzene rings is 3. The molecule has 0 aromatic heterocycles. The fourth-order valence-electron chi connectivity index (χ4n) is 2.56. The lowest BCUT2D eigenvalue weighted by Crippen LogP contribution is -1.85. The largest absolute Gasteiger partial charge is 0.0683 e. The van der Waals surface area contributed by atoms with Crippen molar-refractivity contribution in [2.24, 2.45) is 0 Å². The van der Waals surface area contributed by atoms with Gasteiger partial charge in [0.1, 0.15) is 0 Å². The van der Waals surface area contributed by atoms with Gasteiger partial charge in [-0.15, -0.1) is 0 Å². The SMILES string of the molecule is CC.CC.Cc1cc2cc3cc(C)c(C)cc3cc2cc1C. The van der Waals surface area contributed by atoms with Crippen molar-refractivity contribution in [2.75, 3.05) is 0 Å². The number of hydrogen-bond donors (Lipinski definition) is 0. The van der Waals surface area contributed by atoms with Gasteiger partial charge in [-0.2, -0.15) is 0 Å². The molecule has 0 aliphatic heterocycles. The highest BCUT2D eigenvalue weighted by atomic mass is 14.1. The average Bonchev–Trinajstić information content (AvgIpc) is 2.52. The zero-order valence-electron chi connectivity index (χ0n) is 15.5.